The summed E-state index contributed by atoms with van der Waals surface area (Å²) in [4.78, 5) is 15.2. The van der Waals surface area contributed by atoms with E-state index in [2.05, 4.69) is 4.98 Å². The molecule has 0 atom stereocenters. The van der Waals surface area contributed by atoms with E-state index in [4.69, 9.17) is 5.11 Å². The van der Waals surface area contributed by atoms with Crippen LogP contribution in [0.15, 0.2) is 29.4 Å². The summed E-state index contributed by atoms with van der Waals surface area (Å²) in [6.07, 6.45) is 0.809. The second-order valence-electron chi connectivity index (χ2n) is 2.71. The van der Waals surface area contributed by atoms with Gasteiger partial charge in [-0.25, -0.2) is 14.3 Å². The average Bonchev–Trinajstić information content (AvgIpc) is 2.55. The topological polar surface area (TPSA) is 55.1 Å². The highest BCUT2D eigenvalue weighted by atomic mass is 32.2. The predicted molar refractivity (Wildman–Crippen MR) is 54.9 cm³/mol. The predicted octanol–water partition coefficient (Wildman–Crippen LogP) is 2.28. The normalized spacial score (nSPS) is 10.6. The highest BCUT2D eigenvalue weighted by Gasteiger charge is 2.13. The molecule has 2 aromatic rings. The molecule has 0 amide bonds. The van der Waals surface area contributed by atoms with Gasteiger partial charge in [0.2, 0.25) is 0 Å². The summed E-state index contributed by atoms with van der Waals surface area (Å²) in [5, 5.41) is 9.49. The first-order valence-corrected chi connectivity index (χ1v) is 5.21. The van der Waals surface area contributed by atoms with E-state index in [1.54, 1.807) is 24.5 Å². The number of imidazole rings is 1. The molecule has 5 heteroatoms. The maximum absolute atomic E-state index is 11.0. The van der Waals surface area contributed by atoms with Gasteiger partial charge in [-0.05, 0) is 18.4 Å². The number of hydrogen-bond donors (Lipinski definition) is 1. The van der Waals surface area contributed by atoms with Crippen molar-refractivity contribution in [3.63, 3.8) is 0 Å². The Morgan fingerprint density at radius 3 is 2.86 bits per heavy atom. The molecule has 72 valence electrons. The van der Waals surface area contributed by atoms with Gasteiger partial charge in [0, 0.05) is 0 Å². The second-order valence-corrected chi connectivity index (χ2v) is 3.48. The number of carboxylic acid groups (broad SMARTS) is 1. The Morgan fingerprint density at radius 2 is 2.21 bits per heavy atom. The fraction of sp³-hybridized carbons (Fsp3) is 0.111. The quantitative estimate of drug-likeness (QED) is 0.730. The molecule has 4 nitrogen and oxygen atoms in total. The minimum Gasteiger partial charge on any atom is -0.464 e. The highest BCUT2D eigenvalue weighted by Crippen LogP contribution is 2.21. The molecule has 0 saturated carbocycles. The van der Waals surface area contributed by atoms with Gasteiger partial charge in [0.25, 0.3) is 0 Å². The zero-order valence-electron chi connectivity index (χ0n) is 7.47. The lowest BCUT2D eigenvalue weighted by atomic mass is 10.3. The van der Waals surface area contributed by atoms with Crippen LogP contribution >= 0.6 is 11.8 Å². The van der Waals surface area contributed by atoms with Gasteiger partial charge in [0.1, 0.15) is 0 Å². The number of aromatic nitrogens is 2. The first-order valence-electron chi connectivity index (χ1n) is 3.99. The average molecular weight is 208 g/mol. The summed E-state index contributed by atoms with van der Waals surface area (Å²) in [5.74, 6) is 0. The van der Waals surface area contributed by atoms with Gasteiger partial charge in [-0.1, -0.05) is 23.9 Å². The van der Waals surface area contributed by atoms with Crippen LogP contribution in [0.3, 0.4) is 0 Å². The zero-order chi connectivity index (χ0) is 10.1. The fourth-order valence-corrected chi connectivity index (χ4v) is 1.87. The smallest absolute Gasteiger partial charge is 0.418 e. The first-order chi connectivity index (χ1) is 6.74. The molecule has 0 spiro atoms. The molecule has 0 aliphatic heterocycles. The molecule has 0 saturated heterocycles. The summed E-state index contributed by atoms with van der Waals surface area (Å²) in [5.41, 5.74) is 1.34. The molecule has 1 heterocycles. The molecule has 2 rings (SSSR count). The van der Waals surface area contributed by atoms with Crippen LogP contribution < -0.4 is 0 Å². The van der Waals surface area contributed by atoms with Crippen LogP contribution in [0.4, 0.5) is 4.79 Å². The third-order valence-corrected chi connectivity index (χ3v) is 2.54. The number of hydrogen-bond acceptors (Lipinski definition) is 3. The molecular formula is C9H8N2O2S. The third-order valence-electron chi connectivity index (χ3n) is 1.90. The Kier molecular flexibility index (Phi) is 2.17. The molecule has 0 fully saturated rings. The van der Waals surface area contributed by atoms with Crippen molar-refractivity contribution in [1.82, 2.24) is 9.55 Å². The van der Waals surface area contributed by atoms with Crippen LogP contribution in [0, 0.1) is 0 Å². The zero-order valence-corrected chi connectivity index (χ0v) is 8.28. The Balaban J connectivity index is 2.81. The van der Waals surface area contributed by atoms with E-state index in [0.29, 0.717) is 16.2 Å². The Bertz CT molecular complexity index is 493. The number of fused-ring (bicyclic) bond motifs is 1. The molecule has 0 radical (unpaired) electrons. The lowest BCUT2D eigenvalue weighted by Gasteiger charge is -1.98. The molecule has 0 aliphatic carbocycles. The van der Waals surface area contributed by atoms with Crippen molar-refractivity contribution in [2.24, 2.45) is 0 Å². The van der Waals surface area contributed by atoms with E-state index >= 15 is 0 Å². The largest absolute Gasteiger partial charge is 0.464 e. The summed E-state index contributed by atoms with van der Waals surface area (Å²) in [7, 11) is 0. The van der Waals surface area contributed by atoms with Crippen molar-refractivity contribution < 1.29 is 9.90 Å². The van der Waals surface area contributed by atoms with Crippen LogP contribution in [-0.2, 0) is 0 Å². The van der Waals surface area contributed by atoms with Crippen LogP contribution in [0.2, 0.25) is 0 Å². The number of thioether (sulfide) groups is 1. The van der Waals surface area contributed by atoms with Gasteiger partial charge in [-0.15, -0.1) is 0 Å². The van der Waals surface area contributed by atoms with Gasteiger partial charge in [-0.3, -0.25) is 0 Å². The standard InChI is InChI=1S/C9H8N2O2S/c1-14-8-10-6-4-2-3-5-7(6)11(8)9(12)13/h2-5H,1H3,(H,12,13). The summed E-state index contributed by atoms with van der Waals surface area (Å²) in [6.45, 7) is 0. The van der Waals surface area contributed by atoms with Crippen LogP contribution in [-0.4, -0.2) is 27.0 Å². The van der Waals surface area contributed by atoms with Crippen molar-refractivity contribution in [2.75, 3.05) is 6.26 Å². The molecule has 1 N–H and O–H groups in total. The number of para-hydroxylation sites is 2. The Hall–Kier alpha value is -1.49. The van der Waals surface area contributed by atoms with Gasteiger partial charge in [0.15, 0.2) is 5.16 Å². The van der Waals surface area contributed by atoms with Crippen molar-refractivity contribution in [1.29, 1.82) is 0 Å². The van der Waals surface area contributed by atoms with Gasteiger partial charge < -0.3 is 5.11 Å². The maximum atomic E-state index is 11.0. The highest BCUT2D eigenvalue weighted by molar-refractivity contribution is 7.98. The summed E-state index contributed by atoms with van der Waals surface area (Å²) >= 11 is 1.32. The van der Waals surface area contributed by atoms with E-state index in [0.717, 1.165) is 0 Å². The van der Waals surface area contributed by atoms with Crippen molar-refractivity contribution >= 4 is 28.9 Å². The molecule has 14 heavy (non-hydrogen) atoms. The minimum atomic E-state index is -0.997. The van der Waals surface area contributed by atoms with Crippen LogP contribution in [0.25, 0.3) is 11.0 Å². The van der Waals surface area contributed by atoms with E-state index in [1.807, 2.05) is 6.07 Å². The fourth-order valence-electron chi connectivity index (χ4n) is 1.33. The lowest BCUT2D eigenvalue weighted by molar-refractivity contribution is 0.195. The number of benzene rings is 1. The van der Waals surface area contributed by atoms with E-state index < -0.39 is 6.09 Å². The molecule has 0 unspecified atom stereocenters. The van der Waals surface area contributed by atoms with Crippen LogP contribution in [0.5, 0.6) is 0 Å². The van der Waals surface area contributed by atoms with E-state index in [9.17, 15) is 4.79 Å². The van der Waals surface area contributed by atoms with Gasteiger partial charge in [0.05, 0.1) is 11.0 Å². The SMILES string of the molecule is CSc1nc2ccccc2n1C(=O)O. The van der Waals surface area contributed by atoms with Crippen molar-refractivity contribution in [3.05, 3.63) is 24.3 Å². The lowest BCUT2D eigenvalue weighted by Crippen LogP contribution is -2.08. The van der Waals surface area contributed by atoms with Crippen LogP contribution in [0.1, 0.15) is 0 Å². The second kappa shape index (κ2) is 3.34. The number of nitrogens with zero attached hydrogens (tertiary/aromatic N) is 2. The molecular weight excluding hydrogens is 200 g/mol. The number of rotatable bonds is 1. The molecule has 0 aliphatic rings. The van der Waals surface area contributed by atoms with E-state index in [1.165, 1.54) is 16.3 Å². The Labute approximate surface area is 84.6 Å². The monoisotopic (exact) mass is 208 g/mol. The summed E-state index contributed by atoms with van der Waals surface area (Å²) < 4.78 is 1.19. The van der Waals surface area contributed by atoms with Gasteiger partial charge >= 0.3 is 6.09 Å². The van der Waals surface area contributed by atoms with Crippen molar-refractivity contribution in [3.8, 4) is 0 Å². The maximum Gasteiger partial charge on any atom is 0.418 e. The number of carbonyl (C=O) groups is 1. The molecule has 0 bridgehead atoms. The summed E-state index contributed by atoms with van der Waals surface area (Å²) in [6, 6.07) is 7.18. The minimum absolute atomic E-state index is 0.499. The first kappa shape index (κ1) is 9.08. The third kappa shape index (κ3) is 1.26. The van der Waals surface area contributed by atoms with Crippen molar-refractivity contribution in [2.45, 2.75) is 5.16 Å². The molecule has 1 aromatic carbocycles. The Morgan fingerprint density at radius 1 is 1.50 bits per heavy atom. The van der Waals surface area contributed by atoms with E-state index in [-0.39, 0.29) is 0 Å². The van der Waals surface area contributed by atoms with Gasteiger partial charge in [-0.2, -0.15) is 0 Å². The molecule has 1 aromatic heterocycles.